The Morgan fingerprint density at radius 3 is 1.29 bits per heavy atom. The number of nitrogens with zero attached hydrogens (tertiary/aromatic N) is 1. The van der Waals surface area contributed by atoms with E-state index in [2.05, 4.69) is 104 Å². The topological polar surface area (TPSA) is 108 Å². The van der Waals surface area contributed by atoms with Crippen LogP contribution in [0.2, 0.25) is 0 Å². The first kappa shape index (κ1) is 69.4. The zero-order valence-electron chi connectivity index (χ0n) is 47.4. The summed E-state index contributed by atoms with van der Waals surface area (Å²) in [5, 5.41) is 13.8. The maximum absolute atomic E-state index is 12.9. The number of rotatable bonds is 53. The first-order valence-corrected chi connectivity index (χ1v) is 31.1. The van der Waals surface area contributed by atoms with E-state index in [9.17, 15) is 19.4 Å². The van der Waals surface area contributed by atoms with Gasteiger partial charge in [0.15, 0.2) is 0 Å². The Labute approximate surface area is 445 Å². The van der Waals surface area contributed by atoms with Crippen LogP contribution in [-0.2, 0) is 18.4 Å². The third-order valence-electron chi connectivity index (χ3n) is 12.8. The number of aliphatic hydroxyl groups is 1. The molecular formula is C63H113N2O6P. The van der Waals surface area contributed by atoms with E-state index in [1.807, 2.05) is 27.2 Å². The summed E-state index contributed by atoms with van der Waals surface area (Å²) in [6.45, 7) is 4.48. The minimum atomic E-state index is -4.60. The number of carbonyl (C=O) groups excluding carboxylic acids is 1. The molecule has 3 unspecified atom stereocenters. The summed E-state index contributed by atoms with van der Waals surface area (Å²) >= 11 is 0. The summed E-state index contributed by atoms with van der Waals surface area (Å²) in [7, 11) is 1.24. The molecule has 1 amide bonds. The Bertz CT molecular complexity index is 1490. The lowest BCUT2D eigenvalue weighted by atomic mass is 10.0. The molecule has 0 saturated carbocycles. The summed E-state index contributed by atoms with van der Waals surface area (Å²) in [5.74, 6) is -0.209. The third kappa shape index (κ3) is 55.2. The summed E-state index contributed by atoms with van der Waals surface area (Å²) < 4.78 is 23.2. The van der Waals surface area contributed by atoms with E-state index in [4.69, 9.17) is 9.05 Å². The van der Waals surface area contributed by atoms with Crippen LogP contribution in [0.25, 0.3) is 0 Å². The van der Waals surface area contributed by atoms with Crippen LogP contribution in [-0.4, -0.2) is 68.5 Å². The zero-order valence-corrected chi connectivity index (χ0v) is 48.2. The van der Waals surface area contributed by atoms with Crippen LogP contribution < -0.4 is 10.2 Å². The lowest BCUT2D eigenvalue weighted by molar-refractivity contribution is -0.870. The van der Waals surface area contributed by atoms with E-state index in [1.165, 1.54) is 148 Å². The Morgan fingerprint density at radius 2 is 0.861 bits per heavy atom. The zero-order chi connectivity index (χ0) is 52.7. The monoisotopic (exact) mass is 1020 g/mol. The molecule has 0 aliphatic carbocycles. The van der Waals surface area contributed by atoms with Gasteiger partial charge in [0.05, 0.1) is 39.9 Å². The van der Waals surface area contributed by atoms with Crippen molar-refractivity contribution in [3.05, 3.63) is 97.2 Å². The molecule has 2 N–H and O–H groups in total. The highest BCUT2D eigenvalue weighted by Gasteiger charge is 2.23. The molecule has 0 saturated heterocycles. The van der Waals surface area contributed by atoms with Crippen LogP contribution >= 0.6 is 7.82 Å². The number of phosphoric ester groups is 1. The smallest absolute Gasteiger partial charge is 0.268 e. The Morgan fingerprint density at radius 1 is 0.500 bits per heavy atom. The predicted molar refractivity (Wildman–Crippen MR) is 311 cm³/mol. The maximum atomic E-state index is 12.9. The predicted octanol–water partition coefficient (Wildman–Crippen LogP) is 17.6. The number of amides is 1. The van der Waals surface area contributed by atoms with Gasteiger partial charge in [0.1, 0.15) is 13.2 Å². The molecule has 8 nitrogen and oxygen atoms in total. The van der Waals surface area contributed by atoms with Crippen LogP contribution in [0.4, 0.5) is 0 Å². The number of hydrogen-bond donors (Lipinski definition) is 2. The number of allylic oxidation sites excluding steroid dienone is 15. The van der Waals surface area contributed by atoms with Gasteiger partial charge in [-0.05, 0) is 83.5 Å². The van der Waals surface area contributed by atoms with Gasteiger partial charge in [-0.15, -0.1) is 0 Å². The second kappa shape index (κ2) is 53.3. The van der Waals surface area contributed by atoms with Gasteiger partial charge in [0.2, 0.25) is 5.91 Å². The van der Waals surface area contributed by atoms with Gasteiger partial charge in [0.25, 0.3) is 7.82 Å². The van der Waals surface area contributed by atoms with Gasteiger partial charge in [0, 0.05) is 6.42 Å². The second-order valence-corrected chi connectivity index (χ2v) is 22.4. The quantitative estimate of drug-likeness (QED) is 0.0272. The molecule has 416 valence electrons. The standard InChI is InChI=1S/C63H113N2O6P/c1-6-8-10-12-14-16-18-19-20-21-22-23-24-25-26-27-28-29-30-31-32-33-34-35-36-37-38-39-40-41-42-43-44-45-47-49-51-53-55-57-63(67)64-61(60-71-72(68,69)70-59-58-65(3,4)5)62(66)56-54-52-50-48-46-17-15-13-11-9-7-2/h8,10,14,16,19-20,22-23,25-26,28-29,46,48,54,56,61-62,66H,6-7,9,11-13,15,17-18,21,24,27,30-45,47,49-53,55,57-60H2,1-5H3,(H-,64,67,68,69)/b10-8-,16-14-,20-19-,23-22-,26-25-,29-28-,48-46+,56-54+. The second-order valence-electron chi connectivity index (χ2n) is 21.0. The molecular weight excluding hydrogens is 912 g/mol. The van der Waals surface area contributed by atoms with Gasteiger partial charge in [-0.1, -0.05) is 252 Å². The summed E-state index contributed by atoms with van der Waals surface area (Å²) in [4.78, 5) is 25.4. The highest BCUT2D eigenvalue weighted by molar-refractivity contribution is 7.45. The van der Waals surface area contributed by atoms with E-state index >= 15 is 0 Å². The first-order valence-electron chi connectivity index (χ1n) is 29.6. The van der Waals surface area contributed by atoms with Crippen molar-refractivity contribution in [3.8, 4) is 0 Å². The molecule has 3 atom stereocenters. The number of carbonyl (C=O) groups is 1. The summed E-state index contributed by atoms with van der Waals surface area (Å²) in [5.41, 5.74) is 0. The van der Waals surface area contributed by atoms with Crippen molar-refractivity contribution < 1.29 is 32.9 Å². The molecule has 0 aliphatic heterocycles. The van der Waals surface area contributed by atoms with Gasteiger partial charge in [-0.2, -0.15) is 0 Å². The van der Waals surface area contributed by atoms with Crippen molar-refractivity contribution in [1.29, 1.82) is 0 Å². The van der Waals surface area contributed by atoms with Crippen molar-refractivity contribution in [2.45, 2.75) is 257 Å². The molecule has 0 aromatic carbocycles. The third-order valence-corrected chi connectivity index (χ3v) is 13.7. The first-order chi connectivity index (χ1) is 35.0. The largest absolute Gasteiger partial charge is 0.756 e. The van der Waals surface area contributed by atoms with Crippen molar-refractivity contribution in [2.75, 3.05) is 40.9 Å². The summed E-state index contributed by atoms with van der Waals surface area (Å²) in [6, 6.07) is -0.904. The lowest BCUT2D eigenvalue weighted by Crippen LogP contribution is -2.45. The molecule has 0 spiro atoms. The van der Waals surface area contributed by atoms with Gasteiger partial charge >= 0.3 is 0 Å². The molecule has 0 radical (unpaired) electrons. The highest BCUT2D eigenvalue weighted by atomic mass is 31.2. The number of nitrogens with one attached hydrogen (secondary N) is 1. The average molecular weight is 1030 g/mol. The number of unbranched alkanes of at least 4 members (excludes halogenated alkanes) is 26. The number of quaternary nitrogens is 1. The fourth-order valence-electron chi connectivity index (χ4n) is 8.17. The minimum absolute atomic E-state index is 0.00832. The van der Waals surface area contributed by atoms with Crippen LogP contribution in [0.5, 0.6) is 0 Å². The van der Waals surface area contributed by atoms with E-state index in [1.54, 1.807) is 6.08 Å². The van der Waals surface area contributed by atoms with E-state index in [0.717, 1.165) is 77.0 Å². The SMILES string of the molecule is CC/C=C\C/C=C\C/C=C\C/C=C\C/C=C\C/C=C\CCCCCCCCCCCCCCCCCCCCCCC(=O)NC(COP(=O)([O-])OCC[N+](C)(C)C)C(O)/C=C/CC/C=C/CCCCCCC. The Hall–Kier alpha value is -2.58. The lowest BCUT2D eigenvalue weighted by Gasteiger charge is -2.29. The minimum Gasteiger partial charge on any atom is -0.756 e. The van der Waals surface area contributed by atoms with Gasteiger partial charge in [-0.3, -0.25) is 9.36 Å². The Balaban J connectivity index is 3.93. The molecule has 0 bridgehead atoms. The molecule has 0 aromatic rings. The fourth-order valence-corrected chi connectivity index (χ4v) is 8.90. The van der Waals surface area contributed by atoms with Crippen LogP contribution in [0.15, 0.2) is 97.2 Å². The van der Waals surface area contributed by atoms with Crippen molar-refractivity contribution in [3.63, 3.8) is 0 Å². The average Bonchev–Trinajstić information content (AvgIpc) is 3.34. The Kier molecular flexibility index (Phi) is 51.3. The molecule has 0 aliphatic rings. The summed E-state index contributed by atoms with van der Waals surface area (Å²) in [6.07, 6.45) is 76.6. The number of likely N-dealkylation sites (N-methyl/N-ethyl adjacent to an activating group) is 1. The van der Waals surface area contributed by atoms with Gasteiger partial charge in [-0.25, -0.2) is 0 Å². The number of aliphatic hydroxyl groups excluding tert-OH is 1. The van der Waals surface area contributed by atoms with Crippen molar-refractivity contribution >= 4 is 13.7 Å². The fraction of sp³-hybridized carbons (Fsp3) is 0.730. The highest BCUT2D eigenvalue weighted by Crippen LogP contribution is 2.38. The van der Waals surface area contributed by atoms with E-state index in [-0.39, 0.29) is 12.5 Å². The van der Waals surface area contributed by atoms with Crippen LogP contribution in [0, 0.1) is 0 Å². The number of phosphoric acid groups is 1. The maximum Gasteiger partial charge on any atom is 0.268 e. The number of hydrogen-bond acceptors (Lipinski definition) is 6. The van der Waals surface area contributed by atoms with Gasteiger partial charge < -0.3 is 28.8 Å². The molecule has 0 aromatic heterocycles. The molecule has 72 heavy (non-hydrogen) atoms. The molecule has 0 fully saturated rings. The molecule has 0 rings (SSSR count). The van der Waals surface area contributed by atoms with E-state index < -0.39 is 26.6 Å². The normalized spacial score (nSPS) is 14.6. The van der Waals surface area contributed by atoms with Crippen molar-refractivity contribution in [1.82, 2.24) is 5.32 Å². The van der Waals surface area contributed by atoms with E-state index in [0.29, 0.717) is 17.4 Å². The van der Waals surface area contributed by atoms with Crippen molar-refractivity contribution in [2.24, 2.45) is 0 Å². The molecule has 0 heterocycles. The van der Waals surface area contributed by atoms with Crippen LogP contribution in [0.3, 0.4) is 0 Å². The van der Waals surface area contributed by atoms with Crippen LogP contribution in [0.1, 0.15) is 245 Å². The molecule has 9 heteroatoms.